The molecule has 1 N–H and O–H groups in total. The Labute approximate surface area is 119 Å². The fourth-order valence-electron chi connectivity index (χ4n) is 2.15. The zero-order chi connectivity index (χ0) is 14.5. The first-order valence-corrected chi connectivity index (χ1v) is 6.71. The van der Waals surface area contributed by atoms with Crippen LogP contribution < -0.4 is 15.6 Å². The van der Waals surface area contributed by atoms with Crippen molar-refractivity contribution in [2.24, 2.45) is 7.05 Å². The lowest BCUT2D eigenvalue weighted by molar-refractivity contribution is 0.415. The van der Waals surface area contributed by atoms with Crippen molar-refractivity contribution in [3.63, 3.8) is 0 Å². The minimum absolute atomic E-state index is 0.0336. The Morgan fingerprint density at radius 2 is 2.05 bits per heavy atom. The van der Waals surface area contributed by atoms with Crippen molar-refractivity contribution in [1.82, 2.24) is 9.88 Å². The summed E-state index contributed by atoms with van der Waals surface area (Å²) in [5.74, 6) is 0.784. The highest BCUT2D eigenvalue weighted by Gasteiger charge is 2.08. The molecule has 0 bridgehead atoms. The molecule has 1 aromatic heterocycles. The maximum Gasteiger partial charge on any atom is 0.255 e. The molecule has 0 amide bonds. The molecule has 0 radical (unpaired) electrons. The summed E-state index contributed by atoms with van der Waals surface area (Å²) in [6.45, 7) is 3.47. The Morgan fingerprint density at radius 3 is 2.75 bits per heavy atom. The van der Waals surface area contributed by atoms with Gasteiger partial charge in [0.25, 0.3) is 5.56 Å². The van der Waals surface area contributed by atoms with Crippen molar-refractivity contribution in [2.45, 2.75) is 13.5 Å². The Kier molecular flexibility index (Phi) is 4.58. The minimum atomic E-state index is 0.0336. The number of ether oxygens (including phenoxy) is 1. The van der Waals surface area contributed by atoms with Gasteiger partial charge in [0.15, 0.2) is 0 Å². The maximum absolute atomic E-state index is 12.3. The molecule has 1 heterocycles. The van der Waals surface area contributed by atoms with Gasteiger partial charge in [0.05, 0.1) is 12.8 Å². The highest BCUT2D eigenvalue weighted by molar-refractivity contribution is 5.61. The Hall–Kier alpha value is -2.07. The highest BCUT2D eigenvalue weighted by Crippen LogP contribution is 2.22. The zero-order valence-corrected chi connectivity index (χ0v) is 12.1. The molecule has 106 valence electrons. The van der Waals surface area contributed by atoms with Gasteiger partial charge in [0.1, 0.15) is 5.75 Å². The third-order valence-corrected chi connectivity index (χ3v) is 3.31. The molecule has 0 saturated heterocycles. The zero-order valence-electron chi connectivity index (χ0n) is 12.1. The molecule has 0 aliphatic rings. The van der Waals surface area contributed by atoms with Crippen molar-refractivity contribution >= 4 is 0 Å². The van der Waals surface area contributed by atoms with E-state index < -0.39 is 0 Å². The van der Waals surface area contributed by atoms with Crippen LogP contribution in [0, 0.1) is 0 Å². The number of hydrogen-bond acceptors (Lipinski definition) is 3. The summed E-state index contributed by atoms with van der Waals surface area (Å²) in [7, 11) is 3.43. The van der Waals surface area contributed by atoms with Crippen molar-refractivity contribution < 1.29 is 4.74 Å². The van der Waals surface area contributed by atoms with E-state index in [9.17, 15) is 4.79 Å². The largest absolute Gasteiger partial charge is 0.497 e. The monoisotopic (exact) mass is 272 g/mol. The molecule has 1 aromatic carbocycles. The van der Waals surface area contributed by atoms with E-state index in [0.717, 1.165) is 29.1 Å². The van der Waals surface area contributed by atoms with Crippen LogP contribution in [0.4, 0.5) is 0 Å². The van der Waals surface area contributed by atoms with Crippen molar-refractivity contribution in [3.8, 4) is 17.0 Å². The topological polar surface area (TPSA) is 43.3 Å². The first-order chi connectivity index (χ1) is 9.67. The van der Waals surface area contributed by atoms with E-state index in [1.165, 1.54) is 0 Å². The fraction of sp³-hybridized carbons (Fsp3) is 0.312. The Morgan fingerprint density at radius 1 is 1.25 bits per heavy atom. The first-order valence-electron chi connectivity index (χ1n) is 6.71. The average molecular weight is 272 g/mol. The minimum Gasteiger partial charge on any atom is -0.497 e. The SMILES string of the molecule is CCNCc1ccc(-c2cccc(OC)c2)n(C)c1=O. The van der Waals surface area contributed by atoms with E-state index in [-0.39, 0.29) is 5.56 Å². The van der Waals surface area contributed by atoms with Gasteiger partial charge in [0, 0.05) is 24.7 Å². The second-order valence-corrected chi connectivity index (χ2v) is 4.62. The van der Waals surface area contributed by atoms with Crippen LogP contribution in [0.1, 0.15) is 12.5 Å². The van der Waals surface area contributed by atoms with Crippen LogP contribution in [0.5, 0.6) is 5.75 Å². The van der Waals surface area contributed by atoms with Crippen LogP contribution in [-0.4, -0.2) is 18.2 Å². The van der Waals surface area contributed by atoms with Crippen LogP contribution in [0.2, 0.25) is 0 Å². The molecule has 2 aromatic rings. The third-order valence-electron chi connectivity index (χ3n) is 3.31. The van der Waals surface area contributed by atoms with Gasteiger partial charge in [-0.2, -0.15) is 0 Å². The summed E-state index contributed by atoms with van der Waals surface area (Å²) in [4.78, 5) is 12.3. The summed E-state index contributed by atoms with van der Waals surface area (Å²) < 4.78 is 6.91. The molecule has 0 unspecified atom stereocenters. The van der Waals surface area contributed by atoms with Gasteiger partial charge in [-0.1, -0.05) is 25.1 Å². The lowest BCUT2D eigenvalue weighted by Gasteiger charge is -2.11. The van der Waals surface area contributed by atoms with E-state index >= 15 is 0 Å². The standard InChI is InChI=1S/C16H20N2O2/c1-4-17-11-13-8-9-15(18(2)16(13)19)12-6-5-7-14(10-12)20-3/h5-10,17H,4,11H2,1-3H3. The lowest BCUT2D eigenvalue weighted by Crippen LogP contribution is -2.26. The maximum atomic E-state index is 12.3. The number of benzene rings is 1. The normalized spacial score (nSPS) is 10.6. The number of nitrogens with one attached hydrogen (secondary N) is 1. The molecule has 0 saturated carbocycles. The quantitative estimate of drug-likeness (QED) is 0.907. The fourth-order valence-corrected chi connectivity index (χ4v) is 2.15. The third kappa shape index (κ3) is 2.91. The smallest absolute Gasteiger partial charge is 0.255 e. The Balaban J connectivity index is 2.43. The van der Waals surface area contributed by atoms with Gasteiger partial charge in [-0.15, -0.1) is 0 Å². The van der Waals surface area contributed by atoms with E-state index in [1.807, 2.05) is 43.3 Å². The van der Waals surface area contributed by atoms with Crippen molar-refractivity contribution in [1.29, 1.82) is 0 Å². The molecule has 4 heteroatoms. The second kappa shape index (κ2) is 6.39. The Bertz CT molecular complexity index is 647. The van der Waals surface area contributed by atoms with E-state index in [0.29, 0.717) is 6.54 Å². The molecule has 0 aliphatic carbocycles. The van der Waals surface area contributed by atoms with Gasteiger partial charge in [0.2, 0.25) is 0 Å². The second-order valence-electron chi connectivity index (χ2n) is 4.62. The van der Waals surface area contributed by atoms with Crippen LogP contribution in [0.25, 0.3) is 11.3 Å². The molecule has 2 rings (SSSR count). The summed E-state index contributed by atoms with van der Waals surface area (Å²) in [6.07, 6.45) is 0. The summed E-state index contributed by atoms with van der Waals surface area (Å²) in [5.41, 5.74) is 2.67. The van der Waals surface area contributed by atoms with Crippen molar-refractivity contribution in [3.05, 3.63) is 52.3 Å². The van der Waals surface area contributed by atoms with Gasteiger partial charge >= 0.3 is 0 Å². The average Bonchev–Trinajstić information content (AvgIpc) is 2.49. The molecule has 20 heavy (non-hydrogen) atoms. The van der Waals surface area contributed by atoms with Crippen LogP contribution in [0.3, 0.4) is 0 Å². The number of aromatic nitrogens is 1. The van der Waals surface area contributed by atoms with Gasteiger partial charge in [-0.25, -0.2) is 0 Å². The van der Waals surface area contributed by atoms with E-state index in [2.05, 4.69) is 5.32 Å². The van der Waals surface area contributed by atoms with Gasteiger partial charge in [-0.05, 0) is 24.7 Å². The van der Waals surface area contributed by atoms with E-state index in [1.54, 1.807) is 18.7 Å². The highest BCUT2D eigenvalue weighted by atomic mass is 16.5. The molecule has 4 nitrogen and oxygen atoms in total. The summed E-state index contributed by atoms with van der Waals surface area (Å²) in [5, 5.41) is 3.18. The van der Waals surface area contributed by atoms with Crippen LogP contribution in [-0.2, 0) is 13.6 Å². The van der Waals surface area contributed by atoms with E-state index in [4.69, 9.17) is 4.74 Å². The summed E-state index contributed by atoms with van der Waals surface area (Å²) in [6, 6.07) is 11.6. The predicted octanol–water partition coefficient (Wildman–Crippen LogP) is 2.17. The predicted molar refractivity (Wildman–Crippen MR) is 81.1 cm³/mol. The molecule has 0 aliphatic heterocycles. The number of methoxy groups -OCH3 is 1. The lowest BCUT2D eigenvalue weighted by atomic mass is 10.1. The number of pyridine rings is 1. The molecule has 0 atom stereocenters. The first kappa shape index (κ1) is 14.3. The molecule has 0 fully saturated rings. The molecular formula is C16H20N2O2. The van der Waals surface area contributed by atoms with Gasteiger partial charge in [-0.3, -0.25) is 4.79 Å². The van der Waals surface area contributed by atoms with Gasteiger partial charge < -0.3 is 14.6 Å². The van der Waals surface area contributed by atoms with Crippen LogP contribution in [0.15, 0.2) is 41.2 Å². The van der Waals surface area contributed by atoms with Crippen LogP contribution >= 0.6 is 0 Å². The summed E-state index contributed by atoms with van der Waals surface area (Å²) >= 11 is 0. The molecule has 0 spiro atoms. The number of hydrogen-bond donors (Lipinski definition) is 1. The number of nitrogens with zero attached hydrogens (tertiary/aromatic N) is 1. The van der Waals surface area contributed by atoms with Crippen molar-refractivity contribution in [2.75, 3.05) is 13.7 Å². The molecular weight excluding hydrogens is 252 g/mol. The number of rotatable bonds is 5.